The summed E-state index contributed by atoms with van der Waals surface area (Å²) in [6, 6.07) is 6.94. The summed E-state index contributed by atoms with van der Waals surface area (Å²) in [5.74, 6) is -0.248. The second-order valence-corrected chi connectivity index (χ2v) is 11.5. The van der Waals surface area contributed by atoms with Crippen LogP contribution in [-0.4, -0.2) is 57.2 Å². The minimum atomic E-state index is -0.570. The highest BCUT2D eigenvalue weighted by molar-refractivity contribution is 6.11. The molecule has 0 radical (unpaired) electrons. The van der Waals surface area contributed by atoms with Crippen molar-refractivity contribution in [3.8, 4) is 0 Å². The first-order chi connectivity index (χ1) is 19.0. The molecule has 1 aliphatic carbocycles. The number of imidazole rings is 1. The molecule has 0 bridgehead atoms. The van der Waals surface area contributed by atoms with Gasteiger partial charge in [0.2, 0.25) is 0 Å². The molecule has 2 fully saturated rings. The van der Waals surface area contributed by atoms with Gasteiger partial charge in [-0.2, -0.15) is 0 Å². The van der Waals surface area contributed by atoms with Crippen LogP contribution in [0.1, 0.15) is 73.0 Å². The van der Waals surface area contributed by atoms with Crippen LogP contribution in [0.2, 0.25) is 0 Å². The summed E-state index contributed by atoms with van der Waals surface area (Å²) < 4.78 is 22.0. The number of carbonyl (C=O) groups excluding carboxylic acids is 2. The van der Waals surface area contributed by atoms with Gasteiger partial charge in [0.15, 0.2) is 5.82 Å². The van der Waals surface area contributed by atoms with Crippen LogP contribution in [0.5, 0.6) is 0 Å². The highest BCUT2D eigenvalue weighted by Crippen LogP contribution is 2.30. The molecule has 3 aromatic rings. The summed E-state index contributed by atoms with van der Waals surface area (Å²) in [5, 5.41) is 2.83. The number of aliphatic imine (C=N–C) groups is 1. The molecule has 10 heteroatoms. The molecule has 1 saturated carbocycles. The van der Waals surface area contributed by atoms with Crippen molar-refractivity contribution in [3.63, 3.8) is 0 Å². The van der Waals surface area contributed by atoms with E-state index in [9.17, 15) is 14.0 Å². The van der Waals surface area contributed by atoms with E-state index in [4.69, 9.17) is 10.5 Å². The fourth-order valence-corrected chi connectivity index (χ4v) is 4.83. The third-order valence-electron chi connectivity index (χ3n) is 7.12. The van der Waals surface area contributed by atoms with Gasteiger partial charge in [0.25, 0.3) is 5.91 Å². The summed E-state index contributed by atoms with van der Waals surface area (Å²) in [6.07, 6.45) is 9.01. The molecule has 1 aliphatic heterocycles. The summed E-state index contributed by atoms with van der Waals surface area (Å²) in [5.41, 5.74) is 9.01. The van der Waals surface area contributed by atoms with Crippen molar-refractivity contribution >= 4 is 35.3 Å². The number of fused-ring (bicyclic) bond motifs is 1. The number of hydrogen-bond acceptors (Lipinski definition) is 6. The number of carbonyl (C=O) groups is 2. The van der Waals surface area contributed by atoms with Gasteiger partial charge in [0, 0.05) is 49.2 Å². The Labute approximate surface area is 232 Å². The number of rotatable bonds is 6. The van der Waals surface area contributed by atoms with E-state index < -0.39 is 17.3 Å². The van der Waals surface area contributed by atoms with Gasteiger partial charge in [-0.05, 0) is 81.8 Å². The summed E-state index contributed by atoms with van der Waals surface area (Å²) in [7, 11) is 0. The molecule has 3 heterocycles. The van der Waals surface area contributed by atoms with Crippen LogP contribution in [0.4, 0.5) is 15.0 Å². The third-order valence-corrected chi connectivity index (χ3v) is 7.12. The number of aryl methyl sites for hydroxylation is 1. The number of ether oxygens (including phenoxy) is 1. The minimum Gasteiger partial charge on any atom is -0.444 e. The number of allylic oxidation sites excluding steroid dienone is 1. The van der Waals surface area contributed by atoms with Gasteiger partial charge in [-0.15, -0.1) is 0 Å². The van der Waals surface area contributed by atoms with Gasteiger partial charge in [-0.25, -0.2) is 19.2 Å². The number of pyridine rings is 1. The van der Waals surface area contributed by atoms with Crippen molar-refractivity contribution in [2.45, 2.75) is 64.5 Å². The zero-order chi connectivity index (χ0) is 28.6. The van der Waals surface area contributed by atoms with Crippen LogP contribution in [0.3, 0.4) is 0 Å². The maximum atomic E-state index is 14.6. The molecule has 2 aliphatic rings. The largest absolute Gasteiger partial charge is 0.444 e. The number of halogens is 1. The van der Waals surface area contributed by atoms with Crippen LogP contribution >= 0.6 is 0 Å². The van der Waals surface area contributed by atoms with Gasteiger partial charge < -0.3 is 20.7 Å². The van der Waals surface area contributed by atoms with Gasteiger partial charge in [-0.1, -0.05) is 6.07 Å². The highest BCUT2D eigenvalue weighted by atomic mass is 19.1. The number of nitrogens with zero attached hydrogens (tertiary/aromatic N) is 4. The van der Waals surface area contributed by atoms with Gasteiger partial charge >= 0.3 is 6.09 Å². The van der Waals surface area contributed by atoms with E-state index in [0.29, 0.717) is 35.6 Å². The molecule has 2 aromatic heterocycles. The van der Waals surface area contributed by atoms with Crippen LogP contribution < -0.4 is 11.1 Å². The summed E-state index contributed by atoms with van der Waals surface area (Å²) in [4.78, 5) is 35.9. The lowest BCUT2D eigenvalue weighted by molar-refractivity contribution is 0.0292. The van der Waals surface area contributed by atoms with Gasteiger partial charge in [-0.3, -0.25) is 9.20 Å². The van der Waals surface area contributed by atoms with Crippen LogP contribution in [0.25, 0.3) is 11.2 Å². The number of aromatic nitrogens is 2. The predicted octanol–water partition coefficient (Wildman–Crippen LogP) is 5.10. The number of hydrogen-bond donors (Lipinski definition) is 2. The van der Waals surface area contributed by atoms with Crippen LogP contribution in [-0.2, 0) is 4.74 Å². The fourth-order valence-electron chi connectivity index (χ4n) is 4.83. The zero-order valence-corrected chi connectivity index (χ0v) is 23.3. The summed E-state index contributed by atoms with van der Waals surface area (Å²) in [6.45, 7) is 8.56. The second-order valence-electron chi connectivity index (χ2n) is 11.5. The van der Waals surface area contributed by atoms with Crippen molar-refractivity contribution < 1.29 is 18.7 Å². The Balaban J connectivity index is 1.36. The average Bonchev–Trinajstić information content (AvgIpc) is 3.40. The quantitative estimate of drug-likeness (QED) is 0.418. The van der Waals surface area contributed by atoms with Crippen molar-refractivity contribution in [1.29, 1.82) is 0 Å². The minimum absolute atomic E-state index is 0.0170. The number of benzene rings is 1. The molecule has 5 rings (SSSR count). The molecule has 9 nitrogen and oxygen atoms in total. The first-order valence-electron chi connectivity index (χ1n) is 13.5. The maximum Gasteiger partial charge on any atom is 0.410 e. The SMILES string of the molecule is Cc1cc(F)c(C(=O)NC2CC2)cc1C(C=Nc1cnc2ccc([C@H]3CCN(C(=O)OC(C)(C)C)C3)cn12)=CN. The van der Waals surface area contributed by atoms with E-state index in [1.807, 2.05) is 43.5 Å². The molecule has 2 amide bonds. The topological polar surface area (TPSA) is 114 Å². The first kappa shape index (κ1) is 27.4. The lowest BCUT2D eigenvalue weighted by atomic mass is 9.98. The Hall–Kier alpha value is -4.21. The molecule has 40 heavy (non-hydrogen) atoms. The van der Waals surface area contributed by atoms with Crippen LogP contribution in [0.15, 0.2) is 47.9 Å². The standard InChI is InChI=1S/C30H35FN6O3/c1-18-11-25(31)24(28(38)35-22-6-7-22)12-23(18)21(13-32)14-33-27-15-34-26-8-5-19(17-37(26)27)20-9-10-36(16-20)29(39)40-30(2,3)4/h5,8,11-15,17,20,22H,6-7,9-10,16,32H2,1-4H3,(H,35,38)/t20-/m0/s1. The molecular formula is C30H35FN6O3. The monoisotopic (exact) mass is 546 g/mol. The van der Waals surface area contributed by atoms with Crippen molar-refractivity contribution in [3.05, 3.63) is 70.9 Å². The Morgan fingerprint density at radius 1 is 1.20 bits per heavy atom. The summed E-state index contributed by atoms with van der Waals surface area (Å²) >= 11 is 0. The van der Waals surface area contributed by atoms with E-state index in [0.717, 1.165) is 30.5 Å². The van der Waals surface area contributed by atoms with Gasteiger partial charge in [0.05, 0.1) is 11.8 Å². The smallest absolute Gasteiger partial charge is 0.410 e. The third kappa shape index (κ3) is 6.00. The Morgan fingerprint density at radius 2 is 1.98 bits per heavy atom. The molecule has 1 aromatic carbocycles. The highest BCUT2D eigenvalue weighted by Gasteiger charge is 2.31. The number of likely N-dealkylation sites (tertiary alicyclic amines) is 1. The molecule has 0 unspecified atom stereocenters. The van der Waals surface area contributed by atoms with Crippen LogP contribution in [0, 0.1) is 12.7 Å². The van der Waals surface area contributed by atoms with E-state index in [1.54, 1.807) is 24.2 Å². The Morgan fingerprint density at radius 3 is 2.67 bits per heavy atom. The average molecular weight is 547 g/mol. The van der Waals surface area contributed by atoms with E-state index in [-0.39, 0.29) is 23.6 Å². The van der Waals surface area contributed by atoms with E-state index in [2.05, 4.69) is 15.3 Å². The lowest BCUT2D eigenvalue weighted by Crippen LogP contribution is -2.35. The number of nitrogens with one attached hydrogen (secondary N) is 1. The Kier molecular flexibility index (Phi) is 7.35. The lowest BCUT2D eigenvalue weighted by Gasteiger charge is -2.24. The molecular weight excluding hydrogens is 511 g/mol. The molecule has 210 valence electrons. The van der Waals surface area contributed by atoms with Gasteiger partial charge in [0.1, 0.15) is 17.1 Å². The molecule has 0 spiro atoms. The number of amides is 2. The van der Waals surface area contributed by atoms with E-state index >= 15 is 0 Å². The zero-order valence-electron chi connectivity index (χ0n) is 23.3. The second kappa shape index (κ2) is 10.7. The number of nitrogens with two attached hydrogens (primary N) is 1. The molecule has 1 saturated heterocycles. The maximum absolute atomic E-state index is 14.6. The predicted molar refractivity (Wildman–Crippen MR) is 152 cm³/mol. The first-order valence-corrected chi connectivity index (χ1v) is 13.5. The van der Waals surface area contributed by atoms with Crippen molar-refractivity contribution in [1.82, 2.24) is 19.6 Å². The Bertz CT molecular complexity index is 1520. The van der Waals surface area contributed by atoms with Crippen molar-refractivity contribution in [2.75, 3.05) is 13.1 Å². The molecule has 1 atom stereocenters. The van der Waals surface area contributed by atoms with E-state index in [1.165, 1.54) is 18.3 Å². The normalized spacial score (nSPS) is 18.1. The molecule has 3 N–H and O–H groups in total. The van der Waals surface area contributed by atoms with Crippen molar-refractivity contribution in [2.24, 2.45) is 10.7 Å². The fraction of sp³-hybridized carbons (Fsp3) is 0.400.